The fraction of sp³-hybridized carbons (Fsp3) is 0.545. The van der Waals surface area contributed by atoms with Gasteiger partial charge in [-0.25, -0.2) is 0 Å². The molecule has 8 heteroatoms. The first-order valence-corrected chi connectivity index (χ1v) is 12.4. The molecule has 1 aromatic rings. The first-order valence-electron chi connectivity index (χ1n) is 10.1. The van der Waals surface area contributed by atoms with Crippen LogP contribution in [0.25, 0.3) is 0 Å². The van der Waals surface area contributed by atoms with Gasteiger partial charge in [0.05, 0.1) is 12.2 Å². The normalized spacial score (nSPS) is 27.1. The van der Waals surface area contributed by atoms with E-state index in [4.69, 9.17) is 4.74 Å². The van der Waals surface area contributed by atoms with Gasteiger partial charge in [-0.2, -0.15) is 0 Å². The molecule has 0 amide bonds. The first-order chi connectivity index (χ1) is 13.8. The van der Waals surface area contributed by atoms with E-state index in [1.807, 2.05) is 42.5 Å². The largest absolute Gasteiger partial charge is 0.491 e. The molecule has 0 aliphatic heterocycles. The number of allylic oxidation sites excluding steroid dienone is 2. The number of rotatable bonds is 11. The average molecular weight is 447 g/mol. The van der Waals surface area contributed by atoms with Crippen molar-refractivity contribution in [3.05, 3.63) is 54.6 Å². The van der Waals surface area contributed by atoms with Gasteiger partial charge in [-0.3, -0.25) is 4.57 Å². The van der Waals surface area contributed by atoms with Gasteiger partial charge in [0.1, 0.15) is 18.5 Å². The number of benzene rings is 1. The Morgan fingerprint density at radius 3 is 2.57 bits per heavy atom. The van der Waals surface area contributed by atoms with Crippen LogP contribution in [0.5, 0.6) is 5.75 Å². The van der Waals surface area contributed by atoms with Crippen LogP contribution in [-0.4, -0.2) is 87.5 Å². The van der Waals surface area contributed by atoms with Crippen LogP contribution >= 0.6 is 7.37 Å². The molecule has 1 saturated carbocycles. The minimum Gasteiger partial charge on any atom is -0.491 e. The molecule has 4 N–H and O–H groups in total. The van der Waals surface area contributed by atoms with Crippen LogP contribution in [-0.2, 0) is 4.57 Å². The molecule has 0 bridgehead atoms. The number of unbranched alkanes of at least 4 members (excludes halogenated alkanes) is 1. The second-order valence-electron chi connectivity index (χ2n) is 7.81. The van der Waals surface area contributed by atoms with Gasteiger partial charge < -0.3 is 24.9 Å². The number of aliphatic hydroxyl groups is 3. The van der Waals surface area contributed by atoms with Crippen molar-refractivity contribution in [1.29, 1.82) is 0 Å². The summed E-state index contributed by atoms with van der Waals surface area (Å²) in [5.74, 6) is 0.309. The summed E-state index contributed by atoms with van der Waals surface area (Å²) in [6.45, 7) is 1.48. The van der Waals surface area contributed by atoms with Crippen molar-refractivity contribution < 1.29 is 29.5 Å². The van der Waals surface area contributed by atoms with Gasteiger partial charge in [-0.1, -0.05) is 42.5 Å². The molecule has 0 saturated heterocycles. The fourth-order valence-corrected chi connectivity index (χ4v) is 4.36. The summed E-state index contributed by atoms with van der Waals surface area (Å²) in [4.78, 5) is 9.29. The van der Waals surface area contributed by atoms with E-state index in [2.05, 4.69) is 0 Å². The van der Waals surface area contributed by atoms with Crippen molar-refractivity contribution in [2.45, 2.75) is 44.0 Å². The average Bonchev–Trinajstić information content (AvgIpc) is 2.93. The Balaban J connectivity index is 0.00000450. The minimum atomic E-state index is -2.96. The van der Waals surface area contributed by atoms with Crippen molar-refractivity contribution >= 4 is 36.9 Å². The molecule has 30 heavy (non-hydrogen) atoms. The molecule has 6 atom stereocenters. The standard InChI is InChI=1S/C22H33O6P.Na/c1-29(26,27)14-8-3-2-7-11-19-20(22(25)15-21(19)24)13-12-17(23)16-28-18-9-5-4-6-10-18;/h2,4-7,9-10,12-13,17,19-25H,3,8,11,14-16H2,1H3,(H,26,27);/b7-2-,13-12+;/t17-,19-,20-,21+,22-;/m1./s1. The van der Waals surface area contributed by atoms with Crippen molar-refractivity contribution in [2.24, 2.45) is 11.8 Å². The van der Waals surface area contributed by atoms with Gasteiger partial charge in [0.2, 0.25) is 0 Å². The number of hydrogen-bond acceptors (Lipinski definition) is 5. The van der Waals surface area contributed by atoms with Crippen LogP contribution in [0, 0.1) is 11.8 Å². The molecule has 0 aromatic heterocycles. The summed E-state index contributed by atoms with van der Waals surface area (Å²) < 4.78 is 16.8. The van der Waals surface area contributed by atoms with Crippen molar-refractivity contribution in [3.63, 3.8) is 0 Å². The SMILES string of the molecule is CP(=O)(O)CCC/C=C\C[C@@H]1[C@@H](/C=C/[C@@H](O)COc2ccccc2)[C@H](O)C[C@@H]1O.[Na]. The van der Waals surface area contributed by atoms with Crippen molar-refractivity contribution in [1.82, 2.24) is 0 Å². The summed E-state index contributed by atoms with van der Waals surface area (Å²) in [6, 6.07) is 9.23. The van der Waals surface area contributed by atoms with E-state index in [0.29, 0.717) is 37.6 Å². The quantitative estimate of drug-likeness (QED) is 0.180. The molecule has 1 radical (unpaired) electrons. The predicted molar refractivity (Wildman–Crippen MR) is 120 cm³/mol. The fourth-order valence-electron chi connectivity index (χ4n) is 3.59. The minimum absolute atomic E-state index is 0. The van der Waals surface area contributed by atoms with Crippen LogP contribution in [0.15, 0.2) is 54.6 Å². The van der Waals surface area contributed by atoms with Crippen LogP contribution in [0.3, 0.4) is 0 Å². The zero-order chi connectivity index (χ0) is 21.3. The Hall–Kier alpha value is -0.430. The number of para-hydroxylation sites is 1. The van der Waals surface area contributed by atoms with Gasteiger partial charge in [0, 0.05) is 54.7 Å². The Morgan fingerprint density at radius 2 is 1.90 bits per heavy atom. The second kappa shape index (κ2) is 13.9. The summed E-state index contributed by atoms with van der Waals surface area (Å²) in [5, 5.41) is 30.7. The van der Waals surface area contributed by atoms with Crippen LogP contribution in [0.2, 0.25) is 0 Å². The van der Waals surface area contributed by atoms with Crippen LogP contribution in [0.4, 0.5) is 0 Å². The number of ether oxygens (including phenoxy) is 1. The molecule has 1 aliphatic carbocycles. The van der Waals surface area contributed by atoms with Gasteiger partial charge in [0.15, 0.2) is 7.37 Å². The topological polar surface area (TPSA) is 107 Å². The first kappa shape index (κ1) is 27.6. The maximum Gasteiger partial charge on any atom is 0.197 e. The monoisotopic (exact) mass is 447 g/mol. The molecule has 0 spiro atoms. The number of aliphatic hydroxyl groups excluding tert-OH is 3. The molecular weight excluding hydrogens is 414 g/mol. The van der Waals surface area contributed by atoms with Gasteiger partial charge in [0.25, 0.3) is 0 Å². The second-order valence-corrected chi connectivity index (χ2v) is 10.4. The van der Waals surface area contributed by atoms with Gasteiger partial charge in [-0.05, 0) is 37.3 Å². The zero-order valence-corrected chi connectivity index (χ0v) is 20.8. The third kappa shape index (κ3) is 10.3. The molecule has 163 valence electrons. The van der Waals surface area contributed by atoms with Crippen molar-refractivity contribution in [3.8, 4) is 5.75 Å². The Bertz CT molecular complexity index is 705. The third-order valence-corrected chi connectivity index (χ3v) is 6.30. The van der Waals surface area contributed by atoms with E-state index in [1.165, 1.54) is 6.66 Å². The smallest absolute Gasteiger partial charge is 0.197 e. The molecule has 0 heterocycles. The molecule has 1 aromatic carbocycles. The van der Waals surface area contributed by atoms with Gasteiger partial charge >= 0.3 is 0 Å². The van der Waals surface area contributed by atoms with E-state index in [9.17, 15) is 24.8 Å². The van der Waals surface area contributed by atoms with E-state index < -0.39 is 25.7 Å². The van der Waals surface area contributed by atoms with Crippen LogP contribution < -0.4 is 4.74 Å². The zero-order valence-electron chi connectivity index (χ0n) is 17.9. The number of hydrogen-bond donors (Lipinski definition) is 4. The molecule has 1 aliphatic rings. The van der Waals surface area contributed by atoms with E-state index in [-0.39, 0.29) is 48.0 Å². The summed E-state index contributed by atoms with van der Waals surface area (Å²) in [5.41, 5.74) is 0. The van der Waals surface area contributed by atoms with E-state index >= 15 is 0 Å². The van der Waals surface area contributed by atoms with E-state index in [0.717, 1.165) is 0 Å². The molecule has 2 rings (SSSR count). The maximum atomic E-state index is 11.3. The Labute approximate surface area is 201 Å². The van der Waals surface area contributed by atoms with Gasteiger partial charge in [-0.15, -0.1) is 0 Å². The molecule has 6 nitrogen and oxygen atoms in total. The Kier molecular flexibility index (Phi) is 12.8. The predicted octanol–water partition coefficient (Wildman–Crippen LogP) is 2.59. The van der Waals surface area contributed by atoms with Crippen LogP contribution in [0.1, 0.15) is 25.7 Å². The summed E-state index contributed by atoms with van der Waals surface area (Å²) in [7, 11) is -2.96. The summed E-state index contributed by atoms with van der Waals surface area (Å²) >= 11 is 0. The molecular formula is C22H33NaO6P. The van der Waals surface area contributed by atoms with Crippen molar-refractivity contribution in [2.75, 3.05) is 19.4 Å². The Morgan fingerprint density at radius 1 is 1.20 bits per heavy atom. The van der Waals surface area contributed by atoms with E-state index in [1.54, 1.807) is 12.2 Å². The third-order valence-electron chi connectivity index (χ3n) is 5.15. The summed E-state index contributed by atoms with van der Waals surface area (Å²) in [6.07, 6.45) is 7.82. The maximum absolute atomic E-state index is 11.3. The molecule has 1 unspecified atom stereocenters. The molecule has 1 fully saturated rings.